The van der Waals surface area contributed by atoms with Crippen LogP contribution in [0.4, 0.5) is 32.0 Å². The van der Waals surface area contributed by atoms with Gasteiger partial charge in [0.1, 0.15) is 11.5 Å². The number of nitrogens with zero attached hydrogens (tertiary/aromatic N) is 1. The number of hydrogen-bond donors (Lipinski definition) is 1. The van der Waals surface area contributed by atoms with Crippen molar-refractivity contribution >= 4 is 39.5 Å². The molecule has 1 N–H and O–H groups in total. The molecule has 3 aromatic rings. The Hall–Kier alpha value is -4.68. The molecule has 7 nitrogen and oxygen atoms in total. The molecule has 48 heavy (non-hydrogen) atoms. The van der Waals surface area contributed by atoms with E-state index in [9.17, 15) is 14.4 Å². The molecule has 0 aromatic heterocycles. The van der Waals surface area contributed by atoms with Crippen LogP contribution >= 0.6 is 0 Å². The van der Waals surface area contributed by atoms with E-state index >= 15 is 26.3 Å². The van der Waals surface area contributed by atoms with Crippen molar-refractivity contribution < 1.29 is 50.0 Å². The molecular weight excluding hydrogens is 640 g/mol. The molecule has 2 bridgehead atoms. The Bertz CT molecular complexity index is 1800. The van der Waals surface area contributed by atoms with Crippen molar-refractivity contribution in [2.75, 3.05) is 5.32 Å². The first-order valence-electron chi connectivity index (χ1n) is 15.0. The van der Waals surface area contributed by atoms with Gasteiger partial charge < -0.3 is 14.6 Å². The molecule has 1 aliphatic heterocycles. The van der Waals surface area contributed by atoms with Gasteiger partial charge in [-0.3, -0.25) is 19.3 Å². The molecule has 248 valence electrons. The number of imide groups is 1. The molecule has 0 radical (unpaired) electrons. The van der Waals surface area contributed by atoms with Gasteiger partial charge in [0.05, 0.1) is 24.1 Å². The van der Waals surface area contributed by atoms with E-state index in [0.717, 1.165) is 25.1 Å². The summed E-state index contributed by atoms with van der Waals surface area (Å²) in [5.74, 6) is -3.60. The third-order valence-corrected chi connectivity index (χ3v) is 9.61. The molecule has 2 fully saturated rings. The maximum absolute atomic E-state index is 15.2. The first-order valence-corrected chi connectivity index (χ1v) is 15.0. The van der Waals surface area contributed by atoms with Crippen molar-refractivity contribution in [3.05, 3.63) is 101 Å². The van der Waals surface area contributed by atoms with Crippen LogP contribution < -0.4 is 14.6 Å². The highest BCUT2D eigenvalue weighted by Crippen LogP contribution is 2.58. The lowest BCUT2D eigenvalue weighted by molar-refractivity contribution is -0.288. The quantitative estimate of drug-likeness (QED) is 0.161. The summed E-state index contributed by atoms with van der Waals surface area (Å²) >= 11 is 0. The summed E-state index contributed by atoms with van der Waals surface area (Å²) in [6, 6.07) is 10.7. The second-order valence-electron chi connectivity index (χ2n) is 12.3. The number of fused-ring (bicyclic) bond motifs is 5. The largest absolute Gasteiger partial charge is 0.568 e. The standard InChI is InChI=1S/C33H28B2F6N2O5/c1-16-3-2-4-19(11-16)28(44)42-23-14-22(8-10-25(23)48-35)31(32(36,37)38,33(39,40)41)21-7-9-24(47-34)20(13-21)15-43-29(45)26-17-5-6-18(12-17)27(26)30(43)46/h2-11,13-14,17-18,26-27H,12,15,34-35H2,1H3,(H,42,44). The molecule has 15 heteroatoms. The fraction of sp³-hybridized carbons (Fsp3) is 0.303. The van der Waals surface area contributed by atoms with E-state index in [2.05, 4.69) is 5.32 Å². The van der Waals surface area contributed by atoms with Crippen molar-refractivity contribution in [2.24, 2.45) is 23.7 Å². The number of hydrogen-bond acceptors (Lipinski definition) is 5. The average molecular weight is 668 g/mol. The van der Waals surface area contributed by atoms with Gasteiger partial charge in [0, 0.05) is 11.1 Å². The van der Waals surface area contributed by atoms with Gasteiger partial charge in [-0.1, -0.05) is 42.0 Å². The number of amides is 3. The highest BCUT2D eigenvalue weighted by molar-refractivity contribution is 6.07. The third-order valence-electron chi connectivity index (χ3n) is 9.61. The third kappa shape index (κ3) is 5.14. The smallest absolute Gasteiger partial charge is 0.411 e. The Labute approximate surface area is 273 Å². The van der Waals surface area contributed by atoms with Crippen molar-refractivity contribution in [3.63, 3.8) is 0 Å². The van der Waals surface area contributed by atoms with Gasteiger partial charge >= 0.3 is 28.5 Å². The molecular formula is C33H28B2F6N2O5. The number of halogens is 6. The van der Waals surface area contributed by atoms with E-state index in [1.54, 1.807) is 19.1 Å². The lowest BCUT2D eigenvalue weighted by Crippen LogP contribution is -2.54. The van der Waals surface area contributed by atoms with E-state index in [0.29, 0.717) is 36.2 Å². The van der Waals surface area contributed by atoms with E-state index in [1.165, 1.54) is 20.2 Å². The second-order valence-corrected chi connectivity index (χ2v) is 12.3. The first-order chi connectivity index (χ1) is 22.6. The highest BCUT2D eigenvalue weighted by Gasteiger charge is 2.72. The zero-order valence-corrected chi connectivity index (χ0v) is 25.9. The molecule has 2 aliphatic carbocycles. The van der Waals surface area contributed by atoms with Crippen LogP contribution in [0, 0.1) is 30.6 Å². The number of likely N-dealkylation sites (tertiary alicyclic amines) is 1. The van der Waals surface area contributed by atoms with E-state index in [-0.39, 0.29) is 34.5 Å². The number of nitrogens with one attached hydrogen (secondary N) is 1. The van der Waals surface area contributed by atoms with Crippen molar-refractivity contribution in [3.8, 4) is 11.5 Å². The molecule has 6 rings (SSSR count). The number of carbonyl (C=O) groups is 3. The lowest BCUT2D eigenvalue weighted by Gasteiger charge is -2.39. The number of aryl methyl sites for hydroxylation is 1. The number of alkyl halides is 6. The highest BCUT2D eigenvalue weighted by atomic mass is 19.4. The molecule has 4 unspecified atom stereocenters. The molecule has 1 heterocycles. The van der Waals surface area contributed by atoms with Gasteiger partial charge in [0.15, 0.2) is 0 Å². The molecule has 0 spiro atoms. The summed E-state index contributed by atoms with van der Waals surface area (Å²) < 4.78 is 102. The summed E-state index contributed by atoms with van der Waals surface area (Å²) in [7, 11) is 2.34. The first kappa shape index (κ1) is 33.2. The fourth-order valence-corrected chi connectivity index (χ4v) is 7.43. The van der Waals surface area contributed by atoms with Gasteiger partial charge in [0.25, 0.3) is 5.91 Å². The van der Waals surface area contributed by atoms with Crippen molar-refractivity contribution in [1.29, 1.82) is 0 Å². The molecule has 1 saturated heterocycles. The summed E-state index contributed by atoms with van der Waals surface area (Å²) in [5.41, 5.74) is -6.89. The average Bonchev–Trinajstić information content (AvgIpc) is 3.71. The molecule has 4 atom stereocenters. The van der Waals surface area contributed by atoms with Crippen LogP contribution in [0.5, 0.6) is 11.5 Å². The zero-order valence-electron chi connectivity index (χ0n) is 25.9. The minimum absolute atomic E-state index is 0.100. The molecule has 3 aromatic carbocycles. The van der Waals surface area contributed by atoms with Gasteiger partial charge in [-0.05, 0) is 72.7 Å². The summed E-state index contributed by atoms with van der Waals surface area (Å²) in [4.78, 5) is 40.6. The van der Waals surface area contributed by atoms with E-state index in [1.807, 2.05) is 12.2 Å². The number of allylic oxidation sites excluding steroid dienone is 2. The second kappa shape index (κ2) is 11.8. The number of rotatable bonds is 8. The number of anilines is 1. The van der Waals surface area contributed by atoms with Crippen LogP contribution in [0.25, 0.3) is 0 Å². The predicted molar refractivity (Wildman–Crippen MR) is 167 cm³/mol. The predicted octanol–water partition coefficient (Wildman–Crippen LogP) is 4.82. The van der Waals surface area contributed by atoms with Crippen LogP contribution in [-0.4, -0.2) is 51.1 Å². The van der Waals surface area contributed by atoms with Gasteiger partial charge in [-0.2, -0.15) is 26.3 Å². The minimum atomic E-state index is -5.97. The Morgan fingerprint density at radius 1 is 0.833 bits per heavy atom. The van der Waals surface area contributed by atoms with Gasteiger partial charge in [0.2, 0.25) is 17.2 Å². The normalized spacial score (nSPS) is 21.9. The maximum atomic E-state index is 15.2. The summed E-state index contributed by atoms with van der Waals surface area (Å²) in [6.07, 6.45) is -7.55. The lowest BCUT2D eigenvalue weighted by atomic mass is 9.72. The summed E-state index contributed by atoms with van der Waals surface area (Å²) in [6.45, 7) is 1.14. The summed E-state index contributed by atoms with van der Waals surface area (Å²) in [5, 5.41) is 2.39. The van der Waals surface area contributed by atoms with Crippen LogP contribution in [0.2, 0.25) is 0 Å². The Morgan fingerprint density at radius 2 is 1.40 bits per heavy atom. The van der Waals surface area contributed by atoms with Crippen LogP contribution in [0.1, 0.15) is 39.0 Å². The van der Waals surface area contributed by atoms with Crippen LogP contribution in [0.3, 0.4) is 0 Å². The van der Waals surface area contributed by atoms with Crippen LogP contribution in [0.15, 0.2) is 72.8 Å². The van der Waals surface area contributed by atoms with Crippen molar-refractivity contribution in [1.82, 2.24) is 4.90 Å². The minimum Gasteiger partial charge on any atom is -0.568 e. The number of carbonyl (C=O) groups excluding carboxylic acids is 3. The zero-order chi connectivity index (χ0) is 34.8. The Balaban J connectivity index is 1.45. The number of benzene rings is 3. The molecule has 3 amide bonds. The fourth-order valence-electron chi connectivity index (χ4n) is 7.43. The topological polar surface area (TPSA) is 84.9 Å². The van der Waals surface area contributed by atoms with E-state index in [4.69, 9.17) is 9.31 Å². The van der Waals surface area contributed by atoms with Crippen LogP contribution in [-0.2, 0) is 21.5 Å². The monoisotopic (exact) mass is 668 g/mol. The molecule has 3 aliphatic rings. The Morgan fingerprint density at radius 3 is 1.94 bits per heavy atom. The van der Waals surface area contributed by atoms with Crippen molar-refractivity contribution in [2.45, 2.75) is 37.7 Å². The SMILES string of the molecule is BOc1ccc(C(c2ccc(OB)c(NC(=O)c3cccc(C)c3)c2)(C(F)(F)F)C(F)(F)F)cc1CN1C(=O)C2C3C=CC(C3)C2C1=O. The van der Waals surface area contributed by atoms with Gasteiger partial charge in [-0.25, -0.2) is 0 Å². The molecule has 1 saturated carbocycles. The maximum Gasteiger partial charge on any atom is 0.411 e. The van der Waals surface area contributed by atoms with E-state index < -0.39 is 70.7 Å². The Kier molecular flexibility index (Phi) is 8.15. The van der Waals surface area contributed by atoms with Gasteiger partial charge in [-0.15, -0.1) is 0 Å².